The lowest BCUT2D eigenvalue weighted by Crippen LogP contribution is -2.06. The molecule has 26 heavy (non-hydrogen) atoms. The summed E-state index contributed by atoms with van der Waals surface area (Å²) in [5.74, 6) is 3.71. The summed E-state index contributed by atoms with van der Waals surface area (Å²) in [6, 6.07) is 19.8. The molecule has 0 radical (unpaired) electrons. The molecule has 0 aliphatic rings. The Bertz CT molecular complexity index is 1020. The quantitative estimate of drug-likeness (QED) is 0.513. The summed E-state index contributed by atoms with van der Waals surface area (Å²) in [4.78, 5) is 1.41. The molecule has 0 aliphatic carbocycles. The van der Waals surface area contributed by atoms with E-state index in [1.807, 2.05) is 55.5 Å². The van der Waals surface area contributed by atoms with Gasteiger partial charge in [-0.2, -0.15) is 0 Å². The van der Waals surface area contributed by atoms with Crippen LogP contribution in [-0.4, -0.2) is 10.1 Å². The SMILES string of the molecule is C=S(=O)(c1ccc(C)cc1)c1ccccc1CCc1ccc(Cl)cc1F. The van der Waals surface area contributed by atoms with E-state index in [0.29, 0.717) is 33.2 Å². The Hall–Kier alpha value is -2.10. The number of halogens is 2. The Morgan fingerprint density at radius 1 is 0.962 bits per heavy atom. The summed E-state index contributed by atoms with van der Waals surface area (Å²) in [5, 5.41) is 0.381. The molecule has 0 saturated heterocycles. The topological polar surface area (TPSA) is 17.1 Å². The number of aryl methyl sites for hydroxylation is 3. The Morgan fingerprint density at radius 2 is 1.62 bits per heavy atom. The molecule has 0 fully saturated rings. The maximum absolute atomic E-state index is 14.0. The molecule has 1 atom stereocenters. The van der Waals surface area contributed by atoms with Crippen molar-refractivity contribution in [2.24, 2.45) is 0 Å². The molecule has 1 nitrogen and oxygen atoms in total. The molecule has 0 bridgehead atoms. The van der Waals surface area contributed by atoms with Crippen LogP contribution in [0.3, 0.4) is 0 Å². The molecule has 3 rings (SSSR count). The molecule has 0 saturated carbocycles. The van der Waals surface area contributed by atoms with Crippen LogP contribution in [0.1, 0.15) is 16.7 Å². The van der Waals surface area contributed by atoms with Crippen molar-refractivity contribution in [1.29, 1.82) is 0 Å². The van der Waals surface area contributed by atoms with E-state index in [0.717, 1.165) is 11.1 Å². The van der Waals surface area contributed by atoms with Crippen LogP contribution in [0, 0.1) is 12.7 Å². The first-order valence-corrected chi connectivity index (χ1v) is 10.4. The third-order valence-electron chi connectivity index (χ3n) is 4.41. The average Bonchev–Trinajstić information content (AvgIpc) is 2.61. The molecule has 3 aromatic carbocycles. The smallest absolute Gasteiger partial charge is 0.127 e. The molecular weight excluding hydrogens is 367 g/mol. The highest BCUT2D eigenvalue weighted by Gasteiger charge is 2.15. The Balaban J connectivity index is 1.92. The van der Waals surface area contributed by atoms with Gasteiger partial charge < -0.3 is 0 Å². The zero-order chi connectivity index (χ0) is 18.7. The summed E-state index contributed by atoms with van der Waals surface area (Å²) in [7, 11) is -2.62. The van der Waals surface area contributed by atoms with E-state index in [2.05, 4.69) is 5.87 Å². The van der Waals surface area contributed by atoms with Crippen molar-refractivity contribution in [3.05, 3.63) is 94.3 Å². The largest absolute Gasteiger partial charge is 0.258 e. The molecule has 0 aromatic heterocycles. The van der Waals surface area contributed by atoms with Gasteiger partial charge in [0.05, 0.1) is 0 Å². The second-order valence-corrected chi connectivity index (χ2v) is 9.03. The number of hydrogen-bond acceptors (Lipinski definition) is 1. The predicted molar refractivity (Wildman–Crippen MR) is 108 cm³/mol. The van der Waals surface area contributed by atoms with Gasteiger partial charge in [-0.15, -0.1) is 0 Å². The molecule has 4 heteroatoms. The Morgan fingerprint density at radius 3 is 2.31 bits per heavy atom. The summed E-state index contributed by atoms with van der Waals surface area (Å²) in [5.41, 5.74) is 2.62. The second kappa shape index (κ2) is 7.65. The fourth-order valence-electron chi connectivity index (χ4n) is 2.91. The third-order valence-corrected chi connectivity index (χ3v) is 6.79. The summed E-state index contributed by atoms with van der Waals surface area (Å²) in [6.07, 6.45) is 1.08. The van der Waals surface area contributed by atoms with Crippen molar-refractivity contribution in [2.75, 3.05) is 0 Å². The highest BCUT2D eigenvalue weighted by atomic mass is 35.5. The third kappa shape index (κ3) is 4.00. The zero-order valence-corrected chi connectivity index (χ0v) is 16.1. The van der Waals surface area contributed by atoms with Gasteiger partial charge in [0.2, 0.25) is 0 Å². The number of benzene rings is 3. The van der Waals surface area contributed by atoms with E-state index in [9.17, 15) is 8.60 Å². The van der Waals surface area contributed by atoms with E-state index in [-0.39, 0.29) is 5.82 Å². The van der Waals surface area contributed by atoms with Gasteiger partial charge in [0.15, 0.2) is 0 Å². The summed E-state index contributed by atoms with van der Waals surface area (Å²) >= 11 is 5.81. The van der Waals surface area contributed by atoms with Crippen molar-refractivity contribution in [3.8, 4) is 0 Å². The minimum Gasteiger partial charge on any atom is -0.258 e. The monoisotopic (exact) mass is 386 g/mol. The van der Waals surface area contributed by atoms with Crippen molar-refractivity contribution < 1.29 is 8.60 Å². The average molecular weight is 387 g/mol. The standard InChI is InChI=1S/C22H20ClFOS/c1-16-7-13-20(14-8-16)26(2,25)22-6-4-3-5-18(22)10-9-17-11-12-19(23)15-21(17)24/h3-8,11-15H,2,9-10H2,1H3. The highest BCUT2D eigenvalue weighted by Crippen LogP contribution is 2.26. The molecule has 1 unspecified atom stereocenters. The van der Waals surface area contributed by atoms with Gasteiger partial charge in [0.1, 0.15) is 5.82 Å². The van der Waals surface area contributed by atoms with Crippen molar-refractivity contribution >= 4 is 27.0 Å². The number of rotatable bonds is 5. The minimum atomic E-state index is -2.62. The van der Waals surface area contributed by atoms with E-state index >= 15 is 0 Å². The molecule has 3 aromatic rings. The highest BCUT2D eigenvalue weighted by molar-refractivity contribution is 8.00. The van der Waals surface area contributed by atoms with Crippen LogP contribution in [0.4, 0.5) is 4.39 Å². The molecule has 0 aliphatic heterocycles. The van der Waals surface area contributed by atoms with Crippen molar-refractivity contribution in [2.45, 2.75) is 29.6 Å². The Labute approximate surface area is 159 Å². The molecular formula is C22H20ClFOS. The van der Waals surface area contributed by atoms with Crippen LogP contribution >= 0.6 is 11.6 Å². The van der Waals surface area contributed by atoms with Crippen LogP contribution in [0.15, 0.2) is 76.5 Å². The molecule has 134 valence electrons. The Kier molecular flexibility index (Phi) is 5.49. The minimum absolute atomic E-state index is 0.316. The molecule has 0 heterocycles. The van der Waals surface area contributed by atoms with E-state index < -0.39 is 9.52 Å². The number of hydrogen-bond donors (Lipinski definition) is 0. The zero-order valence-electron chi connectivity index (χ0n) is 14.5. The van der Waals surface area contributed by atoms with Gasteiger partial charge >= 0.3 is 0 Å². The first-order valence-electron chi connectivity index (χ1n) is 8.34. The first-order chi connectivity index (χ1) is 12.4. The fraction of sp³-hybridized carbons (Fsp3) is 0.136. The van der Waals surface area contributed by atoms with E-state index in [1.165, 1.54) is 6.07 Å². The van der Waals surface area contributed by atoms with Gasteiger partial charge in [-0.25, -0.2) is 4.39 Å². The predicted octanol–water partition coefficient (Wildman–Crippen LogP) is 5.71. The van der Waals surface area contributed by atoms with Gasteiger partial charge in [-0.3, -0.25) is 4.21 Å². The molecule has 0 amide bonds. The van der Waals surface area contributed by atoms with Crippen molar-refractivity contribution in [3.63, 3.8) is 0 Å². The molecule has 0 spiro atoms. The summed E-state index contributed by atoms with van der Waals surface area (Å²) in [6.45, 7) is 1.99. The van der Waals surface area contributed by atoms with Gasteiger partial charge in [-0.05, 0) is 67.1 Å². The lowest BCUT2D eigenvalue weighted by Gasteiger charge is -2.15. The first kappa shape index (κ1) is 18.7. The van der Waals surface area contributed by atoms with Gasteiger partial charge in [-0.1, -0.05) is 53.6 Å². The summed E-state index contributed by atoms with van der Waals surface area (Å²) < 4.78 is 27.5. The van der Waals surface area contributed by atoms with E-state index in [4.69, 9.17) is 11.6 Å². The van der Waals surface area contributed by atoms with Crippen molar-refractivity contribution in [1.82, 2.24) is 0 Å². The van der Waals surface area contributed by atoms with E-state index in [1.54, 1.807) is 12.1 Å². The van der Waals surface area contributed by atoms with Crippen LogP contribution in [0.5, 0.6) is 0 Å². The van der Waals surface area contributed by atoms with Crippen LogP contribution < -0.4 is 0 Å². The van der Waals surface area contributed by atoms with Crippen LogP contribution in [0.25, 0.3) is 0 Å². The lowest BCUT2D eigenvalue weighted by molar-refractivity contribution is 0.608. The maximum atomic E-state index is 14.0. The molecule has 0 N–H and O–H groups in total. The lowest BCUT2D eigenvalue weighted by atomic mass is 10.0. The maximum Gasteiger partial charge on any atom is 0.127 e. The normalized spacial score (nSPS) is 13.3. The van der Waals surface area contributed by atoms with Crippen LogP contribution in [0.2, 0.25) is 5.02 Å². The van der Waals surface area contributed by atoms with Crippen LogP contribution in [-0.2, 0) is 22.4 Å². The fourth-order valence-corrected chi connectivity index (χ4v) is 4.79. The van der Waals surface area contributed by atoms with Gasteiger partial charge in [0.25, 0.3) is 0 Å². The second-order valence-electron chi connectivity index (χ2n) is 6.33. The van der Waals surface area contributed by atoms with Gasteiger partial charge in [0, 0.05) is 24.3 Å².